The minimum absolute atomic E-state index is 0.0801. The number of anilines is 1. The highest BCUT2D eigenvalue weighted by Crippen LogP contribution is 2.53. The van der Waals surface area contributed by atoms with Gasteiger partial charge in [0.25, 0.3) is 17.6 Å². The molecule has 1 spiro atoms. The van der Waals surface area contributed by atoms with Crippen LogP contribution in [0.5, 0.6) is 0 Å². The van der Waals surface area contributed by atoms with E-state index in [1.165, 1.54) is 38.4 Å². The van der Waals surface area contributed by atoms with E-state index in [1.54, 1.807) is 24.3 Å². The molecule has 2 aromatic carbocycles. The van der Waals surface area contributed by atoms with Gasteiger partial charge in [-0.05, 0) is 64.2 Å². The van der Waals surface area contributed by atoms with Crippen molar-refractivity contribution in [2.75, 3.05) is 51.7 Å². The van der Waals surface area contributed by atoms with Crippen LogP contribution in [-0.4, -0.2) is 92.0 Å². The maximum absolute atomic E-state index is 14.2. The molecule has 218 valence electrons. The Morgan fingerprint density at radius 1 is 0.951 bits per heavy atom. The number of nitrogens with zero attached hydrogens (tertiary/aromatic N) is 4. The smallest absolute Gasteiger partial charge is 0.296 e. The quantitative estimate of drug-likeness (QED) is 0.304. The summed E-state index contributed by atoms with van der Waals surface area (Å²) in [5.41, 5.74) is -0.978. The third-order valence-electron chi connectivity index (χ3n) is 8.23. The maximum atomic E-state index is 14.2. The van der Waals surface area contributed by atoms with E-state index in [0.717, 1.165) is 25.7 Å². The lowest BCUT2D eigenvalue weighted by molar-refractivity contribution is -0.143. The highest BCUT2D eigenvalue weighted by Gasteiger charge is 2.66. The van der Waals surface area contributed by atoms with Gasteiger partial charge in [-0.1, -0.05) is 31.0 Å². The minimum Gasteiger partial charge on any atom is -0.507 e. The normalized spacial score (nSPS) is 23.1. The number of para-hydroxylation sites is 1. The number of carbonyl (C=O) groups is 3. The van der Waals surface area contributed by atoms with E-state index >= 15 is 0 Å². The van der Waals surface area contributed by atoms with Crippen molar-refractivity contribution in [3.8, 4) is 0 Å². The average Bonchev–Trinajstić information content (AvgIpc) is 3.17. The molecule has 10 nitrogen and oxygen atoms in total. The number of hydrogen-bond donors (Lipinski definition) is 1. The van der Waals surface area contributed by atoms with Crippen molar-refractivity contribution < 1.29 is 27.9 Å². The number of aliphatic hydroxyl groups excluding tert-OH is 1. The molecule has 11 heteroatoms. The lowest BCUT2D eigenvalue weighted by Gasteiger charge is -2.35. The van der Waals surface area contributed by atoms with Crippen LogP contribution in [0.15, 0.2) is 59.0 Å². The van der Waals surface area contributed by atoms with Gasteiger partial charge in [0.15, 0.2) is 5.54 Å². The highest BCUT2D eigenvalue weighted by atomic mass is 32.2. The van der Waals surface area contributed by atoms with E-state index in [-0.39, 0.29) is 22.6 Å². The molecule has 0 saturated carbocycles. The van der Waals surface area contributed by atoms with Gasteiger partial charge in [-0.3, -0.25) is 14.4 Å². The number of aliphatic hydroxyl groups is 1. The van der Waals surface area contributed by atoms with Crippen LogP contribution in [0.1, 0.15) is 43.7 Å². The minimum atomic E-state index is -3.73. The Morgan fingerprint density at radius 3 is 2.20 bits per heavy atom. The molecular formula is C30H36N4O6S. The first-order valence-corrected chi connectivity index (χ1v) is 15.5. The Kier molecular flexibility index (Phi) is 7.80. The van der Waals surface area contributed by atoms with Crippen LogP contribution >= 0.6 is 0 Å². The first-order valence-electron chi connectivity index (χ1n) is 14.0. The summed E-state index contributed by atoms with van der Waals surface area (Å²) in [6.07, 6.45) is 3.58. The maximum Gasteiger partial charge on any atom is 0.296 e. The summed E-state index contributed by atoms with van der Waals surface area (Å²) in [6.45, 7) is 3.49. The van der Waals surface area contributed by atoms with Crippen LogP contribution in [-0.2, 0) is 29.9 Å². The summed E-state index contributed by atoms with van der Waals surface area (Å²) in [4.78, 5) is 46.1. The molecular weight excluding hydrogens is 544 g/mol. The lowest BCUT2D eigenvalue weighted by Crippen LogP contribution is -2.53. The van der Waals surface area contributed by atoms with E-state index in [9.17, 15) is 27.9 Å². The first kappa shape index (κ1) is 29.0. The topological polar surface area (TPSA) is 119 Å². The van der Waals surface area contributed by atoms with E-state index in [2.05, 4.69) is 0 Å². The Morgan fingerprint density at radius 2 is 1.59 bits per heavy atom. The summed E-state index contributed by atoms with van der Waals surface area (Å²) in [5, 5.41) is 11.7. The van der Waals surface area contributed by atoms with Crippen molar-refractivity contribution >= 4 is 39.1 Å². The van der Waals surface area contributed by atoms with Crippen LogP contribution in [0.3, 0.4) is 0 Å². The van der Waals surface area contributed by atoms with Crippen molar-refractivity contribution in [2.24, 2.45) is 0 Å². The summed E-state index contributed by atoms with van der Waals surface area (Å²) >= 11 is 0. The predicted molar refractivity (Wildman–Crippen MR) is 155 cm³/mol. The zero-order valence-corrected chi connectivity index (χ0v) is 24.5. The second-order valence-electron chi connectivity index (χ2n) is 10.9. The van der Waals surface area contributed by atoms with Crippen molar-refractivity contribution in [3.63, 3.8) is 0 Å². The Balaban J connectivity index is 1.65. The number of ketones is 1. The fourth-order valence-electron chi connectivity index (χ4n) is 6.14. The summed E-state index contributed by atoms with van der Waals surface area (Å²) in [7, 11) is -0.0781. The molecule has 2 saturated heterocycles. The van der Waals surface area contributed by atoms with Gasteiger partial charge < -0.3 is 19.8 Å². The fourth-order valence-corrected chi connectivity index (χ4v) is 7.66. The standard InChI is InChI=1S/C30H36N4O6S/c1-4-33-24-12-8-7-11-23(24)30(29(33)38)25(27(36)28(37)34(30)20-19-31(2)3)26(35)21-13-15-22(16-14-21)41(39,40)32-17-9-5-6-10-18-32/h7-8,11-16,35H,4-6,9-10,17-20H2,1-3H3/t30-/m0/s1. The largest absolute Gasteiger partial charge is 0.507 e. The molecule has 0 aromatic heterocycles. The number of likely N-dealkylation sites (N-methyl/N-ethyl adjacent to an activating group) is 2. The Hall–Kier alpha value is -3.54. The molecule has 2 amide bonds. The molecule has 5 rings (SSSR count). The van der Waals surface area contributed by atoms with Crippen LogP contribution in [0, 0.1) is 0 Å². The van der Waals surface area contributed by atoms with Crippen LogP contribution in [0.2, 0.25) is 0 Å². The molecule has 2 aromatic rings. The number of benzene rings is 2. The first-order chi connectivity index (χ1) is 19.6. The number of amides is 2. The van der Waals surface area contributed by atoms with E-state index in [1.807, 2.05) is 25.9 Å². The van der Waals surface area contributed by atoms with Crippen LogP contribution in [0.4, 0.5) is 5.69 Å². The van der Waals surface area contributed by atoms with Gasteiger partial charge in [0.2, 0.25) is 10.0 Å². The second-order valence-corrected chi connectivity index (χ2v) is 12.9. The number of rotatable bonds is 7. The van der Waals surface area contributed by atoms with Crippen LogP contribution in [0.25, 0.3) is 5.76 Å². The SMILES string of the molecule is CCN1C(=O)[C@@]2(C(=C(O)c3ccc(S(=O)(=O)N4CCCCCC4)cc3)C(=O)C(=O)N2CCN(C)C)c2ccccc21. The molecule has 1 N–H and O–H groups in total. The van der Waals surface area contributed by atoms with Gasteiger partial charge in [0, 0.05) is 43.9 Å². The molecule has 0 radical (unpaired) electrons. The monoisotopic (exact) mass is 580 g/mol. The molecule has 0 bridgehead atoms. The van der Waals surface area contributed by atoms with E-state index in [0.29, 0.717) is 37.4 Å². The lowest BCUT2D eigenvalue weighted by atomic mass is 9.82. The number of likely N-dealkylation sites (tertiary alicyclic amines) is 1. The summed E-state index contributed by atoms with van der Waals surface area (Å²) in [5.74, 6) is -2.82. The molecule has 3 aliphatic rings. The van der Waals surface area contributed by atoms with E-state index < -0.39 is 38.9 Å². The zero-order chi connectivity index (χ0) is 29.5. The van der Waals surface area contributed by atoms with Gasteiger partial charge >= 0.3 is 0 Å². The number of sulfonamides is 1. The van der Waals surface area contributed by atoms with Gasteiger partial charge in [-0.25, -0.2) is 8.42 Å². The van der Waals surface area contributed by atoms with Gasteiger partial charge in [-0.15, -0.1) is 0 Å². The molecule has 0 unspecified atom stereocenters. The van der Waals surface area contributed by atoms with Crippen molar-refractivity contribution in [1.82, 2.24) is 14.1 Å². The molecule has 41 heavy (non-hydrogen) atoms. The highest BCUT2D eigenvalue weighted by molar-refractivity contribution is 7.89. The second kappa shape index (κ2) is 11.0. The summed E-state index contributed by atoms with van der Waals surface area (Å²) in [6, 6.07) is 12.6. The molecule has 2 fully saturated rings. The van der Waals surface area contributed by atoms with Crippen molar-refractivity contribution in [1.29, 1.82) is 0 Å². The van der Waals surface area contributed by atoms with Crippen molar-refractivity contribution in [2.45, 2.75) is 43.0 Å². The average molecular weight is 581 g/mol. The fraction of sp³-hybridized carbons (Fsp3) is 0.433. The van der Waals surface area contributed by atoms with Crippen LogP contribution < -0.4 is 4.90 Å². The molecule has 1 atom stereocenters. The third-order valence-corrected chi connectivity index (χ3v) is 10.1. The van der Waals surface area contributed by atoms with E-state index in [4.69, 9.17) is 0 Å². The van der Waals surface area contributed by atoms with Crippen molar-refractivity contribution in [3.05, 3.63) is 65.2 Å². The zero-order valence-electron chi connectivity index (χ0n) is 23.7. The predicted octanol–water partition coefficient (Wildman–Crippen LogP) is 2.76. The van der Waals surface area contributed by atoms with Gasteiger partial charge in [0.1, 0.15) is 5.76 Å². The number of carbonyl (C=O) groups excluding carboxylic acids is 3. The Bertz CT molecular complexity index is 1510. The molecule has 3 heterocycles. The number of hydrogen-bond acceptors (Lipinski definition) is 7. The Labute approximate surface area is 240 Å². The molecule has 3 aliphatic heterocycles. The van der Waals surface area contributed by atoms with Gasteiger partial charge in [0.05, 0.1) is 16.2 Å². The number of fused-ring (bicyclic) bond motifs is 2. The third kappa shape index (κ3) is 4.56. The molecule has 0 aliphatic carbocycles. The van der Waals surface area contributed by atoms with Gasteiger partial charge in [-0.2, -0.15) is 4.31 Å². The summed E-state index contributed by atoms with van der Waals surface area (Å²) < 4.78 is 28.1. The number of Topliss-reactive ketones (excluding diaryl/α,β-unsaturated/α-hetero) is 1.